The third kappa shape index (κ3) is 7.52. The number of hydrogen-bond acceptors (Lipinski definition) is 4. The van der Waals surface area contributed by atoms with Crippen molar-refractivity contribution in [1.29, 1.82) is 0 Å². The lowest BCUT2D eigenvalue weighted by molar-refractivity contribution is -0.139. The Kier molecular flexibility index (Phi) is 6.69. The van der Waals surface area contributed by atoms with Crippen LogP contribution in [0.4, 0.5) is 4.79 Å². The van der Waals surface area contributed by atoms with Gasteiger partial charge in [0.1, 0.15) is 17.4 Å². The first kappa shape index (κ1) is 17.8. The Hall–Kier alpha value is -2.24. The third-order valence-corrected chi connectivity index (χ3v) is 2.64. The molecule has 0 saturated heterocycles. The van der Waals surface area contributed by atoms with Crippen LogP contribution in [0.2, 0.25) is 0 Å². The van der Waals surface area contributed by atoms with Gasteiger partial charge >= 0.3 is 12.1 Å². The van der Waals surface area contributed by atoms with E-state index in [-0.39, 0.29) is 6.42 Å². The highest BCUT2D eigenvalue weighted by molar-refractivity contribution is 5.79. The number of amides is 1. The Labute approximate surface area is 130 Å². The smallest absolute Gasteiger partial charge is 0.408 e. The van der Waals surface area contributed by atoms with Gasteiger partial charge in [-0.2, -0.15) is 0 Å². The lowest BCUT2D eigenvalue weighted by Crippen LogP contribution is -2.43. The maximum atomic E-state index is 11.6. The van der Waals surface area contributed by atoms with E-state index in [9.17, 15) is 9.59 Å². The van der Waals surface area contributed by atoms with Gasteiger partial charge in [0.15, 0.2) is 0 Å². The van der Waals surface area contributed by atoms with Crippen LogP contribution in [0.1, 0.15) is 33.6 Å². The molecule has 0 unspecified atom stereocenters. The minimum absolute atomic E-state index is 0.265. The Morgan fingerprint density at radius 1 is 1.23 bits per heavy atom. The zero-order chi connectivity index (χ0) is 16.6. The van der Waals surface area contributed by atoms with Crippen LogP contribution in [0.3, 0.4) is 0 Å². The van der Waals surface area contributed by atoms with Gasteiger partial charge in [-0.25, -0.2) is 9.59 Å². The van der Waals surface area contributed by atoms with E-state index in [2.05, 4.69) is 5.32 Å². The summed E-state index contributed by atoms with van der Waals surface area (Å²) in [5.74, 6) is -0.361. The molecular formula is C16H23NO5. The molecule has 2 N–H and O–H groups in total. The van der Waals surface area contributed by atoms with Gasteiger partial charge in [0, 0.05) is 0 Å². The van der Waals surface area contributed by atoms with Crippen molar-refractivity contribution in [3.8, 4) is 5.75 Å². The molecule has 22 heavy (non-hydrogen) atoms. The number of benzene rings is 1. The fourth-order valence-electron chi connectivity index (χ4n) is 1.70. The second-order valence-corrected chi connectivity index (χ2v) is 5.84. The lowest BCUT2D eigenvalue weighted by atomic mass is 10.1. The van der Waals surface area contributed by atoms with Gasteiger partial charge in [0.25, 0.3) is 0 Å². The average molecular weight is 309 g/mol. The Bertz CT molecular complexity index is 481. The van der Waals surface area contributed by atoms with Crippen molar-refractivity contribution in [1.82, 2.24) is 5.32 Å². The predicted octanol–water partition coefficient (Wildman–Crippen LogP) is 2.82. The molecule has 0 spiro atoms. The third-order valence-electron chi connectivity index (χ3n) is 2.64. The second kappa shape index (κ2) is 8.26. The summed E-state index contributed by atoms with van der Waals surface area (Å²) in [6.45, 7) is 5.53. The van der Waals surface area contributed by atoms with Gasteiger partial charge < -0.3 is 19.9 Å². The second-order valence-electron chi connectivity index (χ2n) is 5.84. The van der Waals surface area contributed by atoms with E-state index in [1.807, 2.05) is 30.3 Å². The molecule has 1 atom stereocenters. The summed E-state index contributed by atoms with van der Waals surface area (Å²) in [5.41, 5.74) is -0.663. The molecule has 1 aromatic rings. The first-order chi connectivity index (χ1) is 10.3. The highest BCUT2D eigenvalue weighted by atomic mass is 16.6. The Morgan fingerprint density at radius 2 is 1.86 bits per heavy atom. The number of nitrogens with one attached hydrogen (secondary N) is 1. The quantitative estimate of drug-likeness (QED) is 0.757. The minimum Gasteiger partial charge on any atom is -0.494 e. The van der Waals surface area contributed by atoms with Crippen molar-refractivity contribution < 1.29 is 24.2 Å². The number of ether oxygens (including phenoxy) is 2. The molecule has 6 heteroatoms. The van der Waals surface area contributed by atoms with Crippen molar-refractivity contribution in [3.05, 3.63) is 30.3 Å². The van der Waals surface area contributed by atoms with Gasteiger partial charge in [0.05, 0.1) is 6.61 Å². The van der Waals surface area contributed by atoms with Crippen molar-refractivity contribution >= 4 is 12.1 Å². The monoisotopic (exact) mass is 309 g/mol. The fourth-order valence-corrected chi connectivity index (χ4v) is 1.70. The van der Waals surface area contributed by atoms with Crippen LogP contribution in [0.25, 0.3) is 0 Å². The maximum absolute atomic E-state index is 11.6. The zero-order valence-corrected chi connectivity index (χ0v) is 13.2. The molecule has 0 aliphatic carbocycles. The molecule has 6 nitrogen and oxygen atoms in total. The van der Waals surface area contributed by atoms with E-state index >= 15 is 0 Å². The normalized spacial score (nSPS) is 12.3. The van der Waals surface area contributed by atoms with Crippen molar-refractivity contribution in [2.45, 2.75) is 45.3 Å². The molecule has 122 valence electrons. The highest BCUT2D eigenvalue weighted by Crippen LogP contribution is 2.10. The molecular weight excluding hydrogens is 286 g/mol. The van der Waals surface area contributed by atoms with E-state index in [0.717, 1.165) is 5.75 Å². The van der Waals surface area contributed by atoms with Crippen molar-refractivity contribution in [2.75, 3.05) is 6.61 Å². The number of carboxylic acid groups (broad SMARTS) is 1. The minimum atomic E-state index is -1.09. The van der Waals surface area contributed by atoms with Crippen molar-refractivity contribution in [3.63, 3.8) is 0 Å². The number of carboxylic acids is 1. The Balaban J connectivity index is 2.35. The molecule has 0 bridgehead atoms. The van der Waals surface area contributed by atoms with Gasteiger partial charge in [-0.15, -0.1) is 0 Å². The van der Waals surface area contributed by atoms with E-state index in [4.69, 9.17) is 14.6 Å². The standard InChI is InChI=1S/C16H23NO5/c1-16(2,3)22-15(20)17-13(14(18)19)10-7-11-21-12-8-5-4-6-9-12/h4-6,8-9,13H,7,10-11H2,1-3H3,(H,17,20)(H,18,19)/t13-/m1/s1. The summed E-state index contributed by atoms with van der Waals surface area (Å²) in [7, 11) is 0. The molecule has 1 amide bonds. The molecule has 0 aromatic heterocycles. The fraction of sp³-hybridized carbons (Fsp3) is 0.500. The van der Waals surface area contributed by atoms with Crippen LogP contribution in [0, 0.1) is 0 Å². The summed E-state index contributed by atoms with van der Waals surface area (Å²) in [4.78, 5) is 22.8. The van der Waals surface area contributed by atoms with Crippen LogP contribution in [-0.4, -0.2) is 35.4 Å². The number of para-hydroxylation sites is 1. The van der Waals surface area contributed by atoms with Gasteiger partial charge in [-0.05, 0) is 45.7 Å². The molecule has 1 aromatic carbocycles. The zero-order valence-electron chi connectivity index (χ0n) is 13.2. The molecule has 1 rings (SSSR count). The predicted molar refractivity (Wildman–Crippen MR) is 82.0 cm³/mol. The summed E-state index contributed by atoms with van der Waals surface area (Å²) < 4.78 is 10.5. The number of carbonyl (C=O) groups excluding carboxylic acids is 1. The van der Waals surface area contributed by atoms with Gasteiger partial charge in [-0.3, -0.25) is 0 Å². The topological polar surface area (TPSA) is 84.9 Å². The summed E-state index contributed by atoms with van der Waals surface area (Å²) in [6.07, 6.45) is 0.0344. The Morgan fingerprint density at radius 3 is 2.41 bits per heavy atom. The molecule has 0 heterocycles. The number of aliphatic carboxylic acids is 1. The first-order valence-corrected chi connectivity index (χ1v) is 7.18. The number of hydrogen-bond donors (Lipinski definition) is 2. The van der Waals surface area contributed by atoms with E-state index < -0.39 is 23.7 Å². The lowest BCUT2D eigenvalue weighted by Gasteiger charge is -2.22. The summed E-state index contributed by atoms with van der Waals surface area (Å²) >= 11 is 0. The SMILES string of the molecule is CC(C)(C)OC(=O)N[C@H](CCCOc1ccccc1)C(=O)O. The largest absolute Gasteiger partial charge is 0.494 e. The highest BCUT2D eigenvalue weighted by Gasteiger charge is 2.23. The van der Waals surface area contributed by atoms with Gasteiger partial charge in [-0.1, -0.05) is 18.2 Å². The summed E-state index contributed by atoms with van der Waals surface area (Å²) in [6, 6.07) is 8.27. The number of carbonyl (C=O) groups is 2. The maximum Gasteiger partial charge on any atom is 0.408 e. The van der Waals surface area contributed by atoms with E-state index in [1.54, 1.807) is 20.8 Å². The molecule has 0 aliphatic rings. The van der Waals surface area contributed by atoms with Crippen LogP contribution >= 0.6 is 0 Å². The van der Waals surface area contributed by atoms with E-state index in [1.165, 1.54) is 0 Å². The van der Waals surface area contributed by atoms with Crippen LogP contribution < -0.4 is 10.1 Å². The molecule has 0 fully saturated rings. The molecule has 0 radical (unpaired) electrons. The first-order valence-electron chi connectivity index (χ1n) is 7.18. The molecule has 0 saturated carbocycles. The number of rotatable bonds is 7. The van der Waals surface area contributed by atoms with E-state index in [0.29, 0.717) is 13.0 Å². The number of alkyl carbamates (subject to hydrolysis) is 1. The summed E-state index contributed by atoms with van der Waals surface area (Å²) in [5, 5.41) is 11.5. The van der Waals surface area contributed by atoms with Crippen LogP contribution in [-0.2, 0) is 9.53 Å². The van der Waals surface area contributed by atoms with Crippen LogP contribution in [0.5, 0.6) is 5.75 Å². The average Bonchev–Trinajstić information content (AvgIpc) is 2.41. The van der Waals surface area contributed by atoms with Gasteiger partial charge in [0.2, 0.25) is 0 Å². The van der Waals surface area contributed by atoms with Crippen molar-refractivity contribution in [2.24, 2.45) is 0 Å². The molecule has 0 aliphatic heterocycles. The van der Waals surface area contributed by atoms with Crippen LogP contribution in [0.15, 0.2) is 30.3 Å².